The molecule has 0 spiro atoms. The number of phenolic OH excluding ortho intramolecular Hbond substituents is 2. The molecule has 2 aromatic carbocycles. The Morgan fingerprint density at radius 2 is 1.65 bits per heavy atom. The van der Waals surface area contributed by atoms with Crippen molar-refractivity contribution in [3.05, 3.63) is 36.4 Å². The zero-order valence-electron chi connectivity index (χ0n) is 8.92. The Hall–Kier alpha value is -2.56. The fourth-order valence-corrected chi connectivity index (χ4v) is 1.36. The van der Waals surface area contributed by atoms with E-state index in [9.17, 15) is 10.2 Å². The van der Waals surface area contributed by atoms with Crippen molar-refractivity contribution in [1.82, 2.24) is 0 Å². The van der Waals surface area contributed by atoms with Gasteiger partial charge >= 0.3 is 0 Å². The van der Waals surface area contributed by atoms with Gasteiger partial charge in [-0.3, -0.25) is 0 Å². The zero-order valence-corrected chi connectivity index (χ0v) is 8.92. The van der Waals surface area contributed by atoms with Crippen molar-refractivity contribution in [1.29, 1.82) is 0 Å². The highest BCUT2D eigenvalue weighted by molar-refractivity contribution is 5.62. The third kappa shape index (κ3) is 2.34. The van der Waals surface area contributed by atoms with Crippen LogP contribution in [0.4, 0.5) is 11.4 Å². The van der Waals surface area contributed by atoms with Gasteiger partial charge in [-0.25, -0.2) is 0 Å². The lowest BCUT2D eigenvalue weighted by Crippen LogP contribution is -1.94. The lowest BCUT2D eigenvalue weighted by atomic mass is 10.2. The van der Waals surface area contributed by atoms with E-state index in [0.29, 0.717) is 17.1 Å². The first kappa shape index (κ1) is 10.9. The number of hydrogen-bond acceptors (Lipinski definition) is 5. The predicted octanol–water partition coefficient (Wildman–Crippen LogP) is 2.05. The van der Waals surface area contributed by atoms with E-state index in [-0.39, 0.29) is 17.2 Å². The third-order valence-electron chi connectivity index (χ3n) is 2.20. The number of anilines is 2. The summed E-state index contributed by atoms with van der Waals surface area (Å²) >= 11 is 0. The van der Waals surface area contributed by atoms with E-state index >= 15 is 0 Å². The van der Waals surface area contributed by atoms with Gasteiger partial charge in [0.25, 0.3) is 0 Å². The van der Waals surface area contributed by atoms with Gasteiger partial charge in [0.15, 0.2) is 17.2 Å². The van der Waals surface area contributed by atoms with Crippen LogP contribution in [0.2, 0.25) is 0 Å². The van der Waals surface area contributed by atoms with Crippen LogP contribution in [-0.4, -0.2) is 10.2 Å². The number of nitrogen functional groups attached to an aromatic ring is 2. The highest BCUT2D eigenvalue weighted by Crippen LogP contribution is 2.36. The molecule has 0 fully saturated rings. The fraction of sp³-hybridized carbons (Fsp3) is 0. The van der Waals surface area contributed by atoms with Gasteiger partial charge in [-0.15, -0.1) is 0 Å². The molecule has 5 heteroatoms. The van der Waals surface area contributed by atoms with E-state index in [1.54, 1.807) is 18.2 Å². The van der Waals surface area contributed by atoms with Gasteiger partial charge in [-0.1, -0.05) is 0 Å². The third-order valence-corrected chi connectivity index (χ3v) is 2.20. The summed E-state index contributed by atoms with van der Waals surface area (Å²) in [6.45, 7) is 0. The lowest BCUT2D eigenvalue weighted by molar-refractivity contribution is 0.404. The van der Waals surface area contributed by atoms with Crippen molar-refractivity contribution < 1.29 is 14.9 Å². The Bertz CT molecular complexity index is 555. The Kier molecular flexibility index (Phi) is 2.66. The molecular formula is C12H12N2O3. The first-order valence-corrected chi connectivity index (χ1v) is 4.91. The van der Waals surface area contributed by atoms with E-state index < -0.39 is 0 Å². The number of ether oxygens (including phenoxy) is 1. The first-order valence-electron chi connectivity index (χ1n) is 4.91. The molecule has 0 heterocycles. The van der Waals surface area contributed by atoms with E-state index in [0.717, 1.165) is 0 Å². The van der Waals surface area contributed by atoms with Crippen LogP contribution >= 0.6 is 0 Å². The van der Waals surface area contributed by atoms with Crippen LogP contribution in [0.25, 0.3) is 0 Å². The van der Waals surface area contributed by atoms with Crippen molar-refractivity contribution in [3.8, 4) is 23.0 Å². The summed E-state index contributed by atoms with van der Waals surface area (Å²) in [5, 5.41) is 18.8. The molecule has 0 aliphatic carbocycles. The molecule has 0 amide bonds. The number of nitrogens with two attached hydrogens (primary N) is 2. The molecular weight excluding hydrogens is 220 g/mol. The number of rotatable bonds is 2. The molecule has 2 aromatic rings. The molecule has 0 aromatic heterocycles. The van der Waals surface area contributed by atoms with Crippen LogP contribution in [0.15, 0.2) is 36.4 Å². The quantitative estimate of drug-likeness (QED) is 0.469. The SMILES string of the molecule is Nc1ccc(Oc2cc(O)ccc2O)c(N)c1. The topological polar surface area (TPSA) is 102 Å². The van der Waals surface area contributed by atoms with Crippen LogP contribution in [0.1, 0.15) is 0 Å². The molecule has 6 N–H and O–H groups in total. The molecule has 17 heavy (non-hydrogen) atoms. The van der Waals surface area contributed by atoms with E-state index in [1.165, 1.54) is 18.2 Å². The molecule has 2 rings (SSSR count). The van der Waals surface area contributed by atoms with Crippen LogP contribution in [0.3, 0.4) is 0 Å². The Labute approximate surface area is 97.9 Å². The average molecular weight is 232 g/mol. The summed E-state index contributed by atoms with van der Waals surface area (Å²) in [7, 11) is 0. The van der Waals surface area contributed by atoms with Gasteiger partial charge in [0, 0.05) is 11.8 Å². The monoisotopic (exact) mass is 232 g/mol. The van der Waals surface area contributed by atoms with Crippen molar-refractivity contribution in [3.63, 3.8) is 0 Å². The lowest BCUT2D eigenvalue weighted by Gasteiger charge is -2.10. The van der Waals surface area contributed by atoms with Gasteiger partial charge in [0.05, 0.1) is 5.69 Å². The van der Waals surface area contributed by atoms with Crippen LogP contribution < -0.4 is 16.2 Å². The summed E-state index contributed by atoms with van der Waals surface area (Å²) in [5.74, 6) is 0.396. The van der Waals surface area contributed by atoms with Gasteiger partial charge in [-0.05, 0) is 30.3 Å². The molecule has 5 nitrogen and oxygen atoms in total. The average Bonchev–Trinajstić information content (AvgIpc) is 2.27. The summed E-state index contributed by atoms with van der Waals surface area (Å²) < 4.78 is 5.39. The second kappa shape index (κ2) is 4.13. The van der Waals surface area contributed by atoms with Crippen molar-refractivity contribution >= 4 is 11.4 Å². The Morgan fingerprint density at radius 3 is 2.35 bits per heavy atom. The summed E-state index contributed by atoms with van der Waals surface area (Å²) in [6, 6.07) is 8.76. The molecule has 0 aliphatic heterocycles. The highest BCUT2D eigenvalue weighted by Gasteiger charge is 2.07. The van der Waals surface area contributed by atoms with E-state index in [1.807, 2.05) is 0 Å². The van der Waals surface area contributed by atoms with Crippen molar-refractivity contribution in [2.45, 2.75) is 0 Å². The van der Waals surface area contributed by atoms with Crippen LogP contribution in [0, 0.1) is 0 Å². The minimum atomic E-state index is -0.0842. The summed E-state index contributed by atoms with van der Waals surface area (Å²) in [5.41, 5.74) is 12.1. The maximum Gasteiger partial charge on any atom is 0.172 e. The predicted molar refractivity (Wildman–Crippen MR) is 65.1 cm³/mol. The maximum atomic E-state index is 9.54. The van der Waals surface area contributed by atoms with Crippen molar-refractivity contribution in [2.24, 2.45) is 0 Å². The summed E-state index contributed by atoms with van der Waals surface area (Å²) in [4.78, 5) is 0. The van der Waals surface area contributed by atoms with Gasteiger partial charge in [0.1, 0.15) is 5.75 Å². The van der Waals surface area contributed by atoms with Crippen LogP contribution in [-0.2, 0) is 0 Å². The molecule has 0 atom stereocenters. The minimum absolute atomic E-state index is 0.00758. The van der Waals surface area contributed by atoms with Crippen molar-refractivity contribution in [2.75, 3.05) is 11.5 Å². The molecule has 0 aliphatic rings. The maximum absolute atomic E-state index is 9.54. The van der Waals surface area contributed by atoms with E-state index in [2.05, 4.69) is 0 Å². The largest absolute Gasteiger partial charge is 0.508 e. The second-order valence-electron chi connectivity index (χ2n) is 3.55. The number of hydrogen-bond donors (Lipinski definition) is 4. The number of phenols is 2. The van der Waals surface area contributed by atoms with Gasteiger partial charge in [0.2, 0.25) is 0 Å². The van der Waals surface area contributed by atoms with E-state index in [4.69, 9.17) is 16.2 Å². The standard InChI is InChI=1S/C12H12N2O3/c13-7-1-4-11(9(14)5-7)17-12-6-8(15)2-3-10(12)16/h1-6,15-16H,13-14H2. The normalized spacial score (nSPS) is 10.1. The summed E-state index contributed by atoms with van der Waals surface area (Å²) in [6.07, 6.45) is 0. The molecule has 0 unspecified atom stereocenters. The fourth-order valence-electron chi connectivity index (χ4n) is 1.36. The van der Waals surface area contributed by atoms with Gasteiger partial charge in [-0.2, -0.15) is 0 Å². The molecule has 0 bridgehead atoms. The number of aromatic hydroxyl groups is 2. The highest BCUT2D eigenvalue weighted by atomic mass is 16.5. The molecule has 0 saturated heterocycles. The zero-order chi connectivity index (χ0) is 12.4. The first-order chi connectivity index (χ1) is 8.06. The van der Waals surface area contributed by atoms with Gasteiger partial charge < -0.3 is 26.4 Å². The smallest absolute Gasteiger partial charge is 0.172 e. The Morgan fingerprint density at radius 1 is 0.882 bits per heavy atom. The molecule has 88 valence electrons. The second-order valence-corrected chi connectivity index (χ2v) is 3.55. The minimum Gasteiger partial charge on any atom is -0.508 e. The number of benzene rings is 2. The molecule has 0 saturated carbocycles. The molecule has 0 radical (unpaired) electrons. The Balaban J connectivity index is 2.34. The van der Waals surface area contributed by atoms with Crippen LogP contribution in [0.5, 0.6) is 23.0 Å².